The number of ether oxygens (including phenoxy) is 1. The van der Waals surface area contributed by atoms with Crippen LogP contribution < -0.4 is 10.1 Å². The molecule has 1 unspecified atom stereocenters. The molecule has 0 spiro atoms. The van der Waals surface area contributed by atoms with E-state index >= 15 is 0 Å². The van der Waals surface area contributed by atoms with E-state index in [2.05, 4.69) is 47.8 Å². The van der Waals surface area contributed by atoms with Crippen molar-refractivity contribution in [2.45, 2.75) is 39.2 Å². The molecule has 2 aromatic carbocycles. The lowest BCUT2D eigenvalue weighted by Crippen LogP contribution is -2.38. The molecular weight excluding hydrogens is 324 g/mol. The number of amides is 1. The van der Waals surface area contributed by atoms with Crippen LogP contribution in [-0.2, 0) is 11.2 Å². The summed E-state index contributed by atoms with van der Waals surface area (Å²) in [6, 6.07) is 18.6. The minimum atomic E-state index is -0.758. The molecule has 0 saturated heterocycles. The average molecular weight is 348 g/mol. The number of carbonyl (C=O) groups is 1. The van der Waals surface area contributed by atoms with E-state index < -0.39 is 5.41 Å². The summed E-state index contributed by atoms with van der Waals surface area (Å²) in [4.78, 5) is 12.1. The summed E-state index contributed by atoms with van der Waals surface area (Å²) in [5.41, 5.74) is 2.70. The van der Waals surface area contributed by atoms with Gasteiger partial charge in [0.1, 0.15) is 11.2 Å². The Morgan fingerprint density at radius 2 is 1.73 bits per heavy atom. The first-order valence-electron chi connectivity index (χ1n) is 9.11. The molecule has 1 N–H and O–H groups in total. The van der Waals surface area contributed by atoms with Gasteiger partial charge in [-0.3, -0.25) is 4.79 Å². The minimum absolute atomic E-state index is 0.00431. The van der Waals surface area contributed by atoms with Crippen LogP contribution in [0.4, 0.5) is 0 Å². The Morgan fingerprint density at radius 1 is 1.15 bits per heavy atom. The highest BCUT2D eigenvalue weighted by Gasteiger charge is 2.50. The lowest BCUT2D eigenvalue weighted by Gasteiger charge is -2.16. The van der Waals surface area contributed by atoms with Crippen molar-refractivity contribution in [2.24, 2.45) is 5.41 Å². The molecule has 1 atom stereocenters. The fourth-order valence-corrected chi connectivity index (χ4v) is 3.02. The van der Waals surface area contributed by atoms with E-state index in [1.165, 1.54) is 0 Å². The highest BCUT2D eigenvalue weighted by molar-refractivity contribution is 5.88. The highest BCUT2D eigenvalue weighted by Crippen LogP contribution is 2.45. The summed E-state index contributed by atoms with van der Waals surface area (Å²) < 4.78 is 5.47. The van der Waals surface area contributed by atoms with E-state index in [1.54, 1.807) is 0 Å². The smallest absolute Gasteiger partial charge is 0.240 e. The van der Waals surface area contributed by atoms with E-state index in [4.69, 9.17) is 10.00 Å². The van der Waals surface area contributed by atoms with Crippen LogP contribution in [0, 0.1) is 16.7 Å². The molecule has 4 heteroatoms. The fourth-order valence-electron chi connectivity index (χ4n) is 3.02. The van der Waals surface area contributed by atoms with E-state index in [0.717, 1.165) is 28.9 Å². The Morgan fingerprint density at radius 3 is 2.23 bits per heavy atom. The Labute approximate surface area is 154 Å². The highest BCUT2D eigenvalue weighted by atomic mass is 16.5. The molecule has 0 aromatic heterocycles. The molecule has 1 aliphatic carbocycles. The first-order chi connectivity index (χ1) is 12.6. The van der Waals surface area contributed by atoms with Crippen molar-refractivity contribution in [3.8, 4) is 22.9 Å². The molecule has 1 aliphatic rings. The lowest BCUT2D eigenvalue weighted by molar-refractivity contribution is -0.125. The average Bonchev–Trinajstić information content (AvgIpc) is 3.45. The van der Waals surface area contributed by atoms with Gasteiger partial charge in [0, 0.05) is 6.04 Å². The molecule has 26 heavy (non-hydrogen) atoms. The lowest BCUT2D eigenvalue weighted by atomic mass is 10.0. The summed E-state index contributed by atoms with van der Waals surface area (Å²) >= 11 is 0. The van der Waals surface area contributed by atoms with E-state index in [0.29, 0.717) is 19.4 Å². The normalized spacial score (nSPS) is 15.6. The van der Waals surface area contributed by atoms with Gasteiger partial charge in [-0.05, 0) is 61.9 Å². The summed E-state index contributed by atoms with van der Waals surface area (Å²) in [6.07, 6.45) is 2.11. The Balaban J connectivity index is 1.59. The van der Waals surface area contributed by atoms with Gasteiger partial charge in [0.15, 0.2) is 0 Å². The van der Waals surface area contributed by atoms with Crippen molar-refractivity contribution >= 4 is 5.91 Å². The predicted octanol–water partition coefficient (Wildman–Crippen LogP) is 4.10. The molecule has 134 valence electrons. The van der Waals surface area contributed by atoms with Crippen LogP contribution in [0.15, 0.2) is 48.5 Å². The number of nitrogens with one attached hydrogen (secondary N) is 1. The zero-order valence-electron chi connectivity index (χ0n) is 15.3. The number of hydrogen-bond acceptors (Lipinski definition) is 3. The van der Waals surface area contributed by atoms with Gasteiger partial charge in [-0.25, -0.2) is 0 Å². The number of nitrogens with zero attached hydrogens (tertiary/aromatic N) is 1. The van der Waals surface area contributed by atoms with E-state index in [-0.39, 0.29) is 11.9 Å². The van der Waals surface area contributed by atoms with Crippen LogP contribution >= 0.6 is 0 Å². The van der Waals surface area contributed by atoms with Crippen LogP contribution in [0.5, 0.6) is 5.75 Å². The second-order valence-electron chi connectivity index (χ2n) is 6.93. The third kappa shape index (κ3) is 4.05. The first-order valence-corrected chi connectivity index (χ1v) is 9.11. The second-order valence-corrected chi connectivity index (χ2v) is 6.93. The van der Waals surface area contributed by atoms with Gasteiger partial charge >= 0.3 is 0 Å². The molecule has 0 heterocycles. The largest absolute Gasteiger partial charge is 0.494 e. The number of hydrogen-bond donors (Lipinski definition) is 1. The molecule has 3 rings (SSSR count). The number of nitriles is 1. The Kier molecular flexibility index (Phi) is 5.27. The molecule has 4 nitrogen and oxygen atoms in total. The van der Waals surface area contributed by atoms with Gasteiger partial charge < -0.3 is 10.1 Å². The summed E-state index contributed by atoms with van der Waals surface area (Å²) in [5, 5.41) is 12.1. The summed E-state index contributed by atoms with van der Waals surface area (Å²) in [6.45, 7) is 4.62. The van der Waals surface area contributed by atoms with Crippen LogP contribution in [-0.4, -0.2) is 18.6 Å². The monoisotopic (exact) mass is 348 g/mol. The van der Waals surface area contributed by atoms with Crippen molar-refractivity contribution in [1.82, 2.24) is 5.32 Å². The fraction of sp³-hybridized carbons (Fsp3) is 0.364. The number of rotatable bonds is 7. The standard InChI is InChI=1S/C22H24N2O2/c1-3-26-20-10-8-19(9-11-20)18-6-4-17(5-7-18)14-16(2)24-21(25)22(15-23)12-13-22/h4-11,16H,3,12-14H2,1-2H3,(H,24,25). The molecule has 0 radical (unpaired) electrons. The molecule has 0 bridgehead atoms. The van der Waals surface area contributed by atoms with Crippen molar-refractivity contribution < 1.29 is 9.53 Å². The maximum absolute atomic E-state index is 12.1. The molecule has 1 fully saturated rings. The molecule has 1 saturated carbocycles. The molecule has 0 aliphatic heterocycles. The van der Waals surface area contributed by atoms with E-state index in [9.17, 15) is 4.79 Å². The zero-order valence-corrected chi connectivity index (χ0v) is 15.3. The van der Waals surface area contributed by atoms with Gasteiger partial charge in [-0.2, -0.15) is 5.26 Å². The number of benzene rings is 2. The van der Waals surface area contributed by atoms with Crippen LogP contribution in [0.1, 0.15) is 32.3 Å². The first kappa shape index (κ1) is 18.0. The third-order valence-corrected chi connectivity index (χ3v) is 4.77. The molecule has 1 amide bonds. The SMILES string of the molecule is CCOc1ccc(-c2ccc(CC(C)NC(=O)C3(C#N)CC3)cc2)cc1. The maximum Gasteiger partial charge on any atom is 0.240 e. The van der Waals surface area contributed by atoms with Gasteiger partial charge in [0.25, 0.3) is 0 Å². The predicted molar refractivity (Wildman–Crippen MR) is 102 cm³/mol. The van der Waals surface area contributed by atoms with Crippen LogP contribution in [0.3, 0.4) is 0 Å². The van der Waals surface area contributed by atoms with Gasteiger partial charge in [-0.15, -0.1) is 0 Å². The topological polar surface area (TPSA) is 62.1 Å². The maximum atomic E-state index is 12.1. The van der Waals surface area contributed by atoms with Crippen molar-refractivity contribution in [1.29, 1.82) is 5.26 Å². The second kappa shape index (κ2) is 7.61. The van der Waals surface area contributed by atoms with Gasteiger partial charge in [-0.1, -0.05) is 36.4 Å². The third-order valence-electron chi connectivity index (χ3n) is 4.77. The van der Waals surface area contributed by atoms with Crippen LogP contribution in [0.2, 0.25) is 0 Å². The summed E-state index contributed by atoms with van der Waals surface area (Å²) in [7, 11) is 0. The van der Waals surface area contributed by atoms with Crippen molar-refractivity contribution in [3.63, 3.8) is 0 Å². The summed E-state index contributed by atoms with van der Waals surface area (Å²) in [5.74, 6) is 0.752. The Bertz CT molecular complexity index is 800. The number of carbonyl (C=O) groups excluding carboxylic acids is 1. The van der Waals surface area contributed by atoms with Gasteiger partial charge in [0.05, 0.1) is 12.7 Å². The van der Waals surface area contributed by atoms with E-state index in [1.807, 2.05) is 26.0 Å². The quantitative estimate of drug-likeness (QED) is 0.819. The minimum Gasteiger partial charge on any atom is -0.494 e. The van der Waals surface area contributed by atoms with Crippen molar-refractivity contribution in [3.05, 3.63) is 54.1 Å². The Hall–Kier alpha value is -2.80. The molecular formula is C22H24N2O2. The van der Waals surface area contributed by atoms with Crippen LogP contribution in [0.25, 0.3) is 11.1 Å². The van der Waals surface area contributed by atoms with Gasteiger partial charge in [0.2, 0.25) is 5.91 Å². The molecule has 2 aromatic rings. The van der Waals surface area contributed by atoms with Crippen molar-refractivity contribution in [2.75, 3.05) is 6.61 Å². The zero-order chi connectivity index (χ0) is 18.6.